The molecule has 1 fully saturated rings. The first-order valence-electron chi connectivity index (χ1n) is 7.36. The molecule has 1 atom stereocenters. The van der Waals surface area contributed by atoms with Gasteiger partial charge in [-0.05, 0) is 24.2 Å². The molecule has 1 heterocycles. The van der Waals surface area contributed by atoms with Gasteiger partial charge in [0, 0.05) is 24.9 Å². The van der Waals surface area contributed by atoms with Crippen LogP contribution in [0.25, 0.3) is 0 Å². The molecule has 1 aliphatic heterocycles. The van der Waals surface area contributed by atoms with Crippen molar-refractivity contribution in [3.63, 3.8) is 0 Å². The minimum Gasteiger partial charge on any atom is -0.409 e. The molecule has 20 heavy (non-hydrogen) atoms. The Hall–Kier alpha value is -1.26. The van der Waals surface area contributed by atoms with Gasteiger partial charge in [0.1, 0.15) is 5.84 Å². The van der Waals surface area contributed by atoms with E-state index < -0.39 is 0 Å². The summed E-state index contributed by atoms with van der Waals surface area (Å²) in [5.41, 5.74) is 5.59. The third-order valence-electron chi connectivity index (χ3n) is 4.91. The van der Waals surface area contributed by atoms with E-state index in [1.807, 2.05) is 11.8 Å². The molecule has 116 valence electrons. The van der Waals surface area contributed by atoms with E-state index in [-0.39, 0.29) is 22.6 Å². The van der Waals surface area contributed by atoms with Crippen LogP contribution in [0.5, 0.6) is 0 Å². The van der Waals surface area contributed by atoms with Crippen LogP contribution < -0.4 is 5.73 Å². The number of nitrogens with zero attached hydrogens (tertiary/aromatic N) is 2. The summed E-state index contributed by atoms with van der Waals surface area (Å²) < 4.78 is 0. The van der Waals surface area contributed by atoms with Crippen molar-refractivity contribution in [2.45, 2.75) is 53.9 Å². The Morgan fingerprint density at radius 3 is 2.30 bits per heavy atom. The van der Waals surface area contributed by atoms with Crippen LogP contribution in [-0.2, 0) is 4.79 Å². The molecule has 1 aliphatic rings. The molecule has 0 aliphatic carbocycles. The highest BCUT2D eigenvalue weighted by atomic mass is 16.4. The maximum atomic E-state index is 12.3. The molecule has 1 unspecified atom stereocenters. The van der Waals surface area contributed by atoms with E-state index in [9.17, 15) is 4.79 Å². The van der Waals surface area contributed by atoms with E-state index in [2.05, 4.69) is 32.9 Å². The van der Waals surface area contributed by atoms with Crippen molar-refractivity contribution in [3.8, 4) is 0 Å². The number of amides is 1. The zero-order valence-corrected chi connectivity index (χ0v) is 13.4. The van der Waals surface area contributed by atoms with Gasteiger partial charge in [-0.25, -0.2) is 0 Å². The van der Waals surface area contributed by atoms with Crippen LogP contribution in [-0.4, -0.2) is 34.9 Å². The summed E-state index contributed by atoms with van der Waals surface area (Å²) in [5, 5.41) is 11.9. The Balaban J connectivity index is 2.56. The Kier molecular flexibility index (Phi) is 5.05. The van der Waals surface area contributed by atoms with E-state index in [4.69, 9.17) is 10.9 Å². The van der Waals surface area contributed by atoms with Crippen LogP contribution in [0.3, 0.4) is 0 Å². The monoisotopic (exact) mass is 283 g/mol. The lowest BCUT2D eigenvalue weighted by atomic mass is 9.78. The topological polar surface area (TPSA) is 78.9 Å². The molecule has 1 amide bonds. The highest BCUT2D eigenvalue weighted by molar-refractivity contribution is 5.86. The lowest BCUT2D eigenvalue weighted by Gasteiger charge is -2.39. The normalized spacial score (nSPS) is 21.6. The molecule has 0 saturated carbocycles. The molecular formula is C15H29N3O2. The first-order valence-corrected chi connectivity index (χ1v) is 7.36. The number of carbonyl (C=O) groups is 1. The molecular weight excluding hydrogens is 254 g/mol. The molecule has 0 spiro atoms. The minimum atomic E-state index is -0.291. The largest absolute Gasteiger partial charge is 0.409 e. The Morgan fingerprint density at radius 2 is 1.90 bits per heavy atom. The maximum Gasteiger partial charge on any atom is 0.222 e. The fraction of sp³-hybridized carbons (Fsp3) is 0.867. The summed E-state index contributed by atoms with van der Waals surface area (Å²) >= 11 is 0. The average Bonchev–Trinajstić information content (AvgIpc) is 2.37. The molecule has 3 N–H and O–H groups in total. The highest BCUT2D eigenvalue weighted by Gasteiger charge is 2.36. The molecule has 1 rings (SSSR count). The van der Waals surface area contributed by atoms with Crippen LogP contribution in [0.15, 0.2) is 5.16 Å². The fourth-order valence-corrected chi connectivity index (χ4v) is 2.32. The van der Waals surface area contributed by atoms with Gasteiger partial charge < -0.3 is 15.8 Å². The third kappa shape index (κ3) is 3.87. The number of likely N-dealkylation sites (tertiary alicyclic amines) is 1. The summed E-state index contributed by atoms with van der Waals surface area (Å²) in [6.07, 6.45) is 2.08. The number of hydrogen-bond donors (Lipinski definition) is 2. The van der Waals surface area contributed by atoms with Crippen molar-refractivity contribution in [2.24, 2.45) is 27.6 Å². The Morgan fingerprint density at radius 1 is 1.40 bits per heavy atom. The lowest BCUT2D eigenvalue weighted by Crippen LogP contribution is -2.47. The number of oxime groups is 1. The predicted molar refractivity (Wildman–Crippen MR) is 80.6 cm³/mol. The van der Waals surface area contributed by atoms with Gasteiger partial charge in [-0.15, -0.1) is 0 Å². The fourth-order valence-electron chi connectivity index (χ4n) is 2.32. The van der Waals surface area contributed by atoms with Crippen molar-refractivity contribution in [1.82, 2.24) is 4.90 Å². The van der Waals surface area contributed by atoms with Crippen molar-refractivity contribution < 1.29 is 10.0 Å². The van der Waals surface area contributed by atoms with Gasteiger partial charge in [0.05, 0.1) is 0 Å². The predicted octanol–water partition coefficient (Wildman–Crippen LogP) is 2.43. The molecule has 0 aromatic rings. The van der Waals surface area contributed by atoms with E-state index in [0.717, 1.165) is 12.8 Å². The van der Waals surface area contributed by atoms with Gasteiger partial charge in [-0.1, -0.05) is 39.8 Å². The van der Waals surface area contributed by atoms with E-state index in [0.29, 0.717) is 25.4 Å². The smallest absolute Gasteiger partial charge is 0.222 e. The van der Waals surface area contributed by atoms with Gasteiger partial charge in [0.2, 0.25) is 5.91 Å². The van der Waals surface area contributed by atoms with Gasteiger partial charge >= 0.3 is 0 Å². The zero-order chi connectivity index (χ0) is 15.6. The van der Waals surface area contributed by atoms with Crippen LogP contribution in [0, 0.1) is 16.7 Å². The van der Waals surface area contributed by atoms with Crippen LogP contribution in [0.2, 0.25) is 0 Å². The lowest BCUT2D eigenvalue weighted by molar-refractivity contribution is -0.134. The number of carbonyl (C=O) groups excluding carboxylic acids is 1. The van der Waals surface area contributed by atoms with E-state index >= 15 is 0 Å². The Bertz CT molecular complexity index is 377. The van der Waals surface area contributed by atoms with Crippen LogP contribution >= 0.6 is 0 Å². The summed E-state index contributed by atoms with van der Waals surface area (Å²) in [7, 11) is 0. The second kappa shape index (κ2) is 6.02. The molecule has 5 heteroatoms. The number of piperidine rings is 1. The molecule has 0 bridgehead atoms. The molecule has 5 nitrogen and oxygen atoms in total. The third-order valence-corrected chi connectivity index (χ3v) is 4.91. The van der Waals surface area contributed by atoms with Gasteiger partial charge in [0.25, 0.3) is 0 Å². The first kappa shape index (κ1) is 16.8. The summed E-state index contributed by atoms with van der Waals surface area (Å²) in [5.74, 6) is 0.842. The van der Waals surface area contributed by atoms with Crippen molar-refractivity contribution in [2.75, 3.05) is 13.1 Å². The minimum absolute atomic E-state index is 0.147. The number of amidine groups is 1. The van der Waals surface area contributed by atoms with Crippen molar-refractivity contribution in [3.05, 3.63) is 0 Å². The van der Waals surface area contributed by atoms with Crippen molar-refractivity contribution in [1.29, 1.82) is 0 Å². The van der Waals surface area contributed by atoms with Crippen LogP contribution in [0.1, 0.15) is 53.9 Å². The first-order chi connectivity index (χ1) is 9.10. The van der Waals surface area contributed by atoms with Gasteiger partial charge in [0.15, 0.2) is 0 Å². The average molecular weight is 283 g/mol. The quantitative estimate of drug-likeness (QED) is 0.361. The number of hydrogen-bond acceptors (Lipinski definition) is 3. The molecule has 1 saturated heterocycles. The molecule has 0 aromatic heterocycles. The standard InChI is InChI=1S/C15H29N3O2/c1-11(14(2,3)4)10-12(19)18-8-6-15(5,7-9-18)13(16)17-20/h11,20H,6-10H2,1-5H3,(H2,16,17). The number of rotatable bonds is 3. The highest BCUT2D eigenvalue weighted by Crippen LogP contribution is 2.33. The van der Waals surface area contributed by atoms with Gasteiger partial charge in [-0.3, -0.25) is 4.79 Å². The summed E-state index contributed by atoms with van der Waals surface area (Å²) in [6, 6.07) is 0. The summed E-state index contributed by atoms with van der Waals surface area (Å²) in [4.78, 5) is 14.2. The molecule has 0 radical (unpaired) electrons. The van der Waals surface area contributed by atoms with Crippen molar-refractivity contribution >= 4 is 11.7 Å². The number of nitrogens with two attached hydrogens (primary N) is 1. The van der Waals surface area contributed by atoms with Crippen LogP contribution in [0.4, 0.5) is 0 Å². The Labute approximate surface area is 122 Å². The van der Waals surface area contributed by atoms with Gasteiger partial charge in [-0.2, -0.15) is 0 Å². The SMILES string of the molecule is CC(CC(=O)N1CCC(C)(C(N)=NO)CC1)C(C)(C)C. The summed E-state index contributed by atoms with van der Waals surface area (Å²) in [6.45, 7) is 12.0. The van der Waals surface area contributed by atoms with E-state index in [1.165, 1.54) is 0 Å². The second-order valence-electron chi connectivity index (χ2n) is 7.40. The zero-order valence-electron chi connectivity index (χ0n) is 13.4. The molecule has 0 aromatic carbocycles. The second-order valence-corrected chi connectivity index (χ2v) is 7.40. The maximum absolute atomic E-state index is 12.3. The van der Waals surface area contributed by atoms with E-state index in [1.54, 1.807) is 0 Å².